The fourth-order valence-corrected chi connectivity index (χ4v) is 2.37. The summed E-state index contributed by atoms with van der Waals surface area (Å²) in [6.07, 6.45) is 5.91. The average Bonchev–Trinajstić information content (AvgIpc) is 2.37. The maximum Gasteiger partial charge on any atom is 0.323 e. The van der Waals surface area contributed by atoms with E-state index in [-0.39, 0.29) is 12.0 Å². The van der Waals surface area contributed by atoms with Crippen LogP contribution in [-0.4, -0.2) is 38.4 Å². The lowest BCUT2D eigenvalue weighted by molar-refractivity contribution is -0.146. The van der Waals surface area contributed by atoms with Crippen LogP contribution in [0.1, 0.15) is 46.0 Å². The van der Waals surface area contributed by atoms with Crippen molar-refractivity contribution in [1.82, 2.24) is 5.32 Å². The molecule has 0 aliphatic heterocycles. The van der Waals surface area contributed by atoms with Gasteiger partial charge in [-0.15, -0.1) is 0 Å². The van der Waals surface area contributed by atoms with Gasteiger partial charge in [0, 0.05) is 6.61 Å². The Morgan fingerprint density at radius 1 is 1.33 bits per heavy atom. The van der Waals surface area contributed by atoms with Crippen LogP contribution in [0.2, 0.25) is 0 Å². The van der Waals surface area contributed by atoms with Crippen molar-refractivity contribution in [2.24, 2.45) is 5.92 Å². The molecule has 0 bridgehead atoms. The summed E-state index contributed by atoms with van der Waals surface area (Å²) in [5.74, 6) is 0.662. The predicted molar refractivity (Wildman–Crippen MR) is 71.5 cm³/mol. The SMILES string of the molecule is CCOC(=O)C(CCOC1CCC(C)CC1)NC. The van der Waals surface area contributed by atoms with Crippen molar-refractivity contribution in [3.05, 3.63) is 0 Å². The smallest absolute Gasteiger partial charge is 0.323 e. The molecule has 1 fully saturated rings. The number of hydrogen-bond acceptors (Lipinski definition) is 4. The summed E-state index contributed by atoms with van der Waals surface area (Å²) in [4.78, 5) is 11.6. The maximum atomic E-state index is 11.6. The minimum absolute atomic E-state index is 0.180. The highest BCUT2D eigenvalue weighted by molar-refractivity contribution is 5.75. The third kappa shape index (κ3) is 5.36. The minimum Gasteiger partial charge on any atom is -0.465 e. The summed E-state index contributed by atoms with van der Waals surface area (Å²) in [5.41, 5.74) is 0. The molecule has 1 aliphatic rings. The van der Waals surface area contributed by atoms with Gasteiger partial charge in [-0.3, -0.25) is 4.79 Å². The summed E-state index contributed by atoms with van der Waals surface area (Å²) >= 11 is 0. The van der Waals surface area contributed by atoms with E-state index < -0.39 is 0 Å². The second-order valence-electron chi connectivity index (χ2n) is 5.13. The molecular weight excluding hydrogens is 230 g/mol. The van der Waals surface area contributed by atoms with E-state index in [1.807, 2.05) is 6.92 Å². The molecule has 0 heterocycles. The van der Waals surface area contributed by atoms with Crippen molar-refractivity contribution in [3.8, 4) is 0 Å². The van der Waals surface area contributed by atoms with Crippen molar-refractivity contribution in [2.75, 3.05) is 20.3 Å². The number of ether oxygens (including phenoxy) is 2. The second kappa shape index (κ2) is 8.48. The van der Waals surface area contributed by atoms with Crippen molar-refractivity contribution in [3.63, 3.8) is 0 Å². The number of esters is 1. The molecule has 0 aromatic rings. The lowest BCUT2D eigenvalue weighted by Gasteiger charge is -2.26. The van der Waals surface area contributed by atoms with Gasteiger partial charge in [-0.2, -0.15) is 0 Å². The summed E-state index contributed by atoms with van der Waals surface area (Å²) in [5, 5.41) is 2.98. The third-order valence-corrected chi connectivity index (χ3v) is 3.64. The first kappa shape index (κ1) is 15.4. The third-order valence-electron chi connectivity index (χ3n) is 3.64. The molecular formula is C14H27NO3. The van der Waals surface area contributed by atoms with Crippen molar-refractivity contribution in [2.45, 2.75) is 58.1 Å². The number of carbonyl (C=O) groups is 1. The predicted octanol–water partition coefficient (Wildman–Crippen LogP) is 2.12. The van der Waals surface area contributed by atoms with Gasteiger partial charge in [-0.05, 0) is 52.0 Å². The van der Waals surface area contributed by atoms with Gasteiger partial charge in [0.15, 0.2) is 0 Å². The van der Waals surface area contributed by atoms with Gasteiger partial charge in [-0.1, -0.05) is 6.92 Å². The van der Waals surface area contributed by atoms with Gasteiger partial charge in [0.1, 0.15) is 6.04 Å². The first-order valence-corrected chi connectivity index (χ1v) is 7.12. The molecule has 4 nitrogen and oxygen atoms in total. The molecule has 0 spiro atoms. The number of likely N-dealkylation sites (N-methyl/N-ethyl adjacent to an activating group) is 1. The van der Waals surface area contributed by atoms with E-state index in [0.29, 0.717) is 25.7 Å². The first-order chi connectivity index (χ1) is 8.67. The van der Waals surface area contributed by atoms with Gasteiger partial charge in [0.2, 0.25) is 0 Å². The fraction of sp³-hybridized carbons (Fsp3) is 0.929. The molecule has 1 unspecified atom stereocenters. The molecule has 1 saturated carbocycles. The van der Waals surface area contributed by atoms with E-state index in [9.17, 15) is 4.79 Å². The first-order valence-electron chi connectivity index (χ1n) is 7.12. The standard InChI is InChI=1S/C14H27NO3/c1-4-17-14(16)13(15-3)9-10-18-12-7-5-11(2)6-8-12/h11-13,15H,4-10H2,1-3H3. The molecule has 1 N–H and O–H groups in total. The van der Waals surface area contributed by atoms with Crippen LogP contribution in [0, 0.1) is 5.92 Å². The van der Waals surface area contributed by atoms with Crippen LogP contribution in [0.25, 0.3) is 0 Å². The van der Waals surface area contributed by atoms with Gasteiger partial charge < -0.3 is 14.8 Å². The summed E-state index contributed by atoms with van der Waals surface area (Å²) in [7, 11) is 1.78. The largest absolute Gasteiger partial charge is 0.465 e. The Labute approximate surface area is 110 Å². The zero-order valence-electron chi connectivity index (χ0n) is 11.9. The molecule has 1 rings (SSSR count). The van der Waals surface area contributed by atoms with Crippen molar-refractivity contribution in [1.29, 1.82) is 0 Å². The molecule has 1 atom stereocenters. The topological polar surface area (TPSA) is 47.6 Å². The van der Waals surface area contributed by atoms with E-state index in [4.69, 9.17) is 9.47 Å². The van der Waals surface area contributed by atoms with E-state index >= 15 is 0 Å². The number of rotatable bonds is 7. The average molecular weight is 257 g/mol. The Kier molecular flexibility index (Phi) is 7.28. The molecule has 0 aromatic heterocycles. The highest BCUT2D eigenvalue weighted by atomic mass is 16.5. The number of nitrogens with one attached hydrogen (secondary N) is 1. The molecule has 18 heavy (non-hydrogen) atoms. The van der Waals surface area contributed by atoms with Gasteiger partial charge in [-0.25, -0.2) is 0 Å². The van der Waals surface area contributed by atoms with Gasteiger partial charge in [0.25, 0.3) is 0 Å². The Balaban J connectivity index is 2.17. The highest BCUT2D eigenvalue weighted by Gasteiger charge is 2.21. The van der Waals surface area contributed by atoms with E-state index in [0.717, 1.165) is 18.8 Å². The van der Waals surface area contributed by atoms with Crippen LogP contribution < -0.4 is 5.32 Å². The van der Waals surface area contributed by atoms with Crippen LogP contribution in [0.4, 0.5) is 0 Å². The maximum absolute atomic E-state index is 11.6. The van der Waals surface area contributed by atoms with Crippen molar-refractivity contribution >= 4 is 5.97 Å². The lowest BCUT2D eigenvalue weighted by atomic mass is 9.89. The Morgan fingerprint density at radius 3 is 2.56 bits per heavy atom. The summed E-state index contributed by atoms with van der Waals surface area (Å²) in [6, 6.07) is -0.243. The zero-order valence-corrected chi connectivity index (χ0v) is 11.9. The Morgan fingerprint density at radius 2 is 2.00 bits per heavy atom. The number of hydrogen-bond donors (Lipinski definition) is 1. The van der Waals surface area contributed by atoms with Crippen molar-refractivity contribution < 1.29 is 14.3 Å². The second-order valence-corrected chi connectivity index (χ2v) is 5.13. The minimum atomic E-state index is -0.243. The van der Waals surface area contributed by atoms with Crippen LogP contribution in [-0.2, 0) is 14.3 Å². The monoisotopic (exact) mass is 257 g/mol. The highest BCUT2D eigenvalue weighted by Crippen LogP contribution is 2.25. The quantitative estimate of drug-likeness (QED) is 0.710. The van der Waals surface area contributed by atoms with Crippen LogP contribution in [0.5, 0.6) is 0 Å². The molecule has 1 aliphatic carbocycles. The molecule has 0 amide bonds. The van der Waals surface area contributed by atoms with Crippen LogP contribution >= 0.6 is 0 Å². The lowest BCUT2D eigenvalue weighted by Crippen LogP contribution is -2.37. The Bertz CT molecular complexity index is 237. The number of carbonyl (C=O) groups excluding carboxylic acids is 1. The Hall–Kier alpha value is -0.610. The fourth-order valence-electron chi connectivity index (χ4n) is 2.37. The summed E-state index contributed by atoms with van der Waals surface area (Å²) in [6.45, 7) is 5.18. The van der Waals surface area contributed by atoms with E-state index in [2.05, 4.69) is 12.2 Å². The summed E-state index contributed by atoms with van der Waals surface area (Å²) < 4.78 is 10.8. The van der Waals surface area contributed by atoms with E-state index in [1.165, 1.54) is 12.8 Å². The molecule has 4 heteroatoms. The van der Waals surface area contributed by atoms with Gasteiger partial charge >= 0.3 is 5.97 Å². The molecule has 0 saturated heterocycles. The van der Waals surface area contributed by atoms with E-state index in [1.54, 1.807) is 7.05 Å². The van der Waals surface area contributed by atoms with Gasteiger partial charge in [0.05, 0.1) is 12.7 Å². The van der Waals surface area contributed by atoms with Crippen LogP contribution in [0.3, 0.4) is 0 Å². The van der Waals surface area contributed by atoms with Crippen LogP contribution in [0.15, 0.2) is 0 Å². The molecule has 0 aromatic carbocycles. The normalized spacial score (nSPS) is 25.7. The molecule has 106 valence electrons. The molecule has 0 radical (unpaired) electrons. The zero-order chi connectivity index (χ0) is 13.4.